The van der Waals surface area contributed by atoms with E-state index in [-0.39, 0.29) is 17.7 Å². The Labute approximate surface area is 165 Å². The van der Waals surface area contributed by atoms with E-state index in [1.807, 2.05) is 50.2 Å². The third-order valence-corrected chi connectivity index (χ3v) is 4.62. The Bertz CT molecular complexity index is 975. The first-order valence-electron chi connectivity index (χ1n) is 9.24. The lowest BCUT2D eigenvalue weighted by molar-refractivity contribution is 0.0989. The highest BCUT2D eigenvalue weighted by Crippen LogP contribution is 2.23. The van der Waals surface area contributed by atoms with Gasteiger partial charge in [-0.15, -0.1) is 0 Å². The standard InChI is InChI=1S/C24H23NO3/c1-16-4-6-19(7-5-16)12-24(27)22-13-23(15-25-14-22)28-18(3)21-10-8-20(9-11-21)17(2)26/h4-11,13-15,18H,12H2,1-3H3. The maximum Gasteiger partial charge on any atom is 0.168 e. The molecule has 0 fully saturated rings. The van der Waals surface area contributed by atoms with E-state index >= 15 is 0 Å². The molecule has 0 N–H and O–H groups in total. The van der Waals surface area contributed by atoms with Gasteiger partial charge in [0.2, 0.25) is 0 Å². The van der Waals surface area contributed by atoms with Gasteiger partial charge in [0, 0.05) is 23.7 Å². The lowest BCUT2D eigenvalue weighted by atomic mass is 10.0. The Kier molecular flexibility index (Phi) is 5.99. The van der Waals surface area contributed by atoms with Crippen LogP contribution in [0.15, 0.2) is 67.0 Å². The minimum atomic E-state index is -0.231. The lowest BCUT2D eigenvalue weighted by Gasteiger charge is -2.15. The highest BCUT2D eigenvalue weighted by Gasteiger charge is 2.12. The number of hydrogen-bond donors (Lipinski definition) is 0. The number of aromatic nitrogens is 1. The predicted octanol–water partition coefficient (Wildman–Crippen LogP) is 5.16. The number of pyridine rings is 1. The molecule has 1 unspecified atom stereocenters. The van der Waals surface area contributed by atoms with Gasteiger partial charge in [0.25, 0.3) is 0 Å². The Morgan fingerprint density at radius 1 is 0.964 bits per heavy atom. The van der Waals surface area contributed by atoms with Crippen molar-refractivity contribution in [3.05, 3.63) is 94.8 Å². The Balaban J connectivity index is 1.69. The molecule has 0 spiro atoms. The molecule has 28 heavy (non-hydrogen) atoms. The molecule has 3 rings (SSSR count). The van der Waals surface area contributed by atoms with Gasteiger partial charge in [-0.25, -0.2) is 0 Å². The van der Waals surface area contributed by atoms with Crippen molar-refractivity contribution < 1.29 is 14.3 Å². The van der Waals surface area contributed by atoms with E-state index in [1.165, 1.54) is 5.56 Å². The molecule has 0 aliphatic rings. The smallest absolute Gasteiger partial charge is 0.168 e. The minimum Gasteiger partial charge on any atom is -0.484 e. The summed E-state index contributed by atoms with van der Waals surface area (Å²) in [6.45, 7) is 5.48. The average molecular weight is 373 g/mol. The van der Waals surface area contributed by atoms with E-state index in [9.17, 15) is 9.59 Å². The summed E-state index contributed by atoms with van der Waals surface area (Å²) in [4.78, 5) is 28.1. The summed E-state index contributed by atoms with van der Waals surface area (Å²) < 4.78 is 5.96. The first kappa shape index (κ1) is 19.5. The number of rotatable bonds is 7. The van der Waals surface area contributed by atoms with Crippen LogP contribution in [0.2, 0.25) is 0 Å². The summed E-state index contributed by atoms with van der Waals surface area (Å²) in [5.41, 5.74) is 4.28. The van der Waals surface area contributed by atoms with Crippen LogP contribution in [-0.2, 0) is 6.42 Å². The van der Waals surface area contributed by atoms with Crippen LogP contribution in [-0.4, -0.2) is 16.6 Å². The number of nitrogens with zero attached hydrogens (tertiary/aromatic N) is 1. The summed E-state index contributed by atoms with van der Waals surface area (Å²) >= 11 is 0. The van der Waals surface area contributed by atoms with Crippen LogP contribution >= 0.6 is 0 Å². The van der Waals surface area contributed by atoms with Crippen LogP contribution < -0.4 is 4.74 Å². The first-order chi connectivity index (χ1) is 13.4. The Hall–Kier alpha value is -3.27. The highest BCUT2D eigenvalue weighted by molar-refractivity contribution is 5.97. The van der Waals surface area contributed by atoms with Crippen LogP contribution in [0.25, 0.3) is 0 Å². The number of ether oxygens (including phenoxy) is 1. The zero-order chi connectivity index (χ0) is 20.1. The SMILES string of the molecule is CC(=O)c1ccc(C(C)Oc2cncc(C(=O)Cc3ccc(C)cc3)c2)cc1. The fraction of sp³-hybridized carbons (Fsp3) is 0.208. The summed E-state index contributed by atoms with van der Waals surface area (Å²) in [5.74, 6) is 0.572. The fourth-order valence-electron chi connectivity index (χ4n) is 2.89. The third kappa shape index (κ3) is 4.92. The van der Waals surface area contributed by atoms with Crippen LogP contribution in [0.5, 0.6) is 5.75 Å². The summed E-state index contributed by atoms with van der Waals surface area (Å²) in [6, 6.07) is 17.0. The molecular formula is C24H23NO3. The van der Waals surface area contributed by atoms with E-state index < -0.39 is 0 Å². The molecule has 0 amide bonds. The van der Waals surface area contributed by atoms with Crippen molar-refractivity contribution in [2.24, 2.45) is 0 Å². The molecule has 1 aromatic heterocycles. The molecule has 0 saturated carbocycles. The third-order valence-electron chi connectivity index (χ3n) is 4.62. The molecule has 3 aromatic rings. The number of benzene rings is 2. The molecule has 1 heterocycles. The molecule has 0 aliphatic heterocycles. The second kappa shape index (κ2) is 8.61. The lowest BCUT2D eigenvalue weighted by Crippen LogP contribution is -2.07. The zero-order valence-corrected chi connectivity index (χ0v) is 16.3. The van der Waals surface area contributed by atoms with E-state index in [1.54, 1.807) is 37.5 Å². The van der Waals surface area contributed by atoms with Gasteiger partial charge in [0.15, 0.2) is 11.6 Å². The van der Waals surface area contributed by atoms with E-state index in [2.05, 4.69) is 4.98 Å². The molecule has 142 valence electrons. The number of hydrogen-bond acceptors (Lipinski definition) is 4. The second-order valence-corrected chi connectivity index (χ2v) is 6.93. The molecule has 0 radical (unpaired) electrons. The number of aryl methyl sites for hydroxylation is 1. The van der Waals surface area contributed by atoms with Crippen molar-refractivity contribution in [1.29, 1.82) is 0 Å². The van der Waals surface area contributed by atoms with Crippen molar-refractivity contribution in [3.8, 4) is 5.75 Å². The molecule has 0 saturated heterocycles. The number of carbonyl (C=O) groups excluding carboxylic acids is 2. The molecule has 2 aromatic carbocycles. The number of carbonyl (C=O) groups is 2. The van der Waals surface area contributed by atoms with Crippen LogP contribution in [0.3, 0.4) is 0 Å². The summed E-state index contributed by atoms with van der Waals surface area (Å²) in [7, 11) is 0. The quantitative estimate of drug-likeness (QED) is 0.537. The van der Waals surface area contributed by atoms with E-state index in [0.717, 1.165) is 11.1 Å². The van der Waals surface area contributed by atoms with Gasteiger partial charge < -0.3 is 4.74 Å². The monoisotopic (exact) mass is 373 g/mol. The Morgan fingerprint density at radius 3 is 2.29 bits per heavy atom. The van der Waals surface area contributed by atoms with E-state index in [0.29, 0.717) is 23.3 Å². The summed E-state index contributed by atoms with van der Waals surface area (Å²) in [6.07, 6.45) is 3.26. The zero-order valence-electron chi connectivity index (χ0n) is 16.3. The second-order valence-electron chi connectivity index (χ2n) is 6.93. The normalized spacial score (nSPS) is 11.7. The van der Waals surface area contributed by atoms with Crippen LogP contribution in [0, 0.1) is 6.92 Å². The molecule has 4 heteroatoms. The molecule has 0 bridgehead atoms. The molecule has 1 atom stereocenters. The van der Waals surface area contributed by atoms with Gasteiger partial charge >= 0.3 is 0 Å². The average Bonchev–Trinajstić information content (AvgIpc) is 2.70. The maximum atomic E-state index is 12.6. The fourth-order valence-corrected chi connectivity index (χ4v) is 2.89. The molecule has 0 aliphatic carbocycles. The van der Waals surface area contributed by atoms with Crippen molar-refractivity contribution in [1.82, 2.24) is 4.98 Å². The minimum absolute atomic E-state index is 0.000247. The Morgan fingerprint density at radius 2 is 1.64 bits per heavy atom. The van der Waals surface area contributed by atoms with Gasteiger partial charge in [-0.3, -0.25) is 14.6 Å². The highest BCUT2D eigenvalue weighted by atomic mass is 16.5. The van der Waals surface area contributed by atoms with Gasteiger partial charge in [-0.05, 0) is 38.0 Å². The first-order valence-corrected chi connectivity index (χ1v) is 9.24. The molecule has 4 nitrogen and oxygen atoms in total. The number of Topliss-reactive ketones (excluding diaryl/α,β-unsaturated/α-hetero) is 2. The van der Waals surface area contributed by atoms with Crippen molar-refractivity contribution in [2.45, 2.75) is 33.3 Å². The number of ketones is 2. The van der Waals surface area contributed by atoms with Crippen LogP contribution in [0.1, 0.15) is 57.4 Å². The molecular weight excluding hydrogens is 350 g/mol. The van der Waals surface area contributed by atoms with Crippen molar-refractivity contribution in [3.63, 3.8) is 0 Å². The van der Waals surface area contributed by atoms with Gasteiger partial charge in [0.05, 0.1) is 6.20 Å². The van der Waals surface area contributed by atoms with E-state index in [4.69, 9.17) is 4.74 Å². The van der Waals surface area contributed by atoms with Gasteiger partial charge in [0.1, 0.15) is 11.9 Å². The van der Waals surface area contributed by atoms with Crippen LogP contribution in [0.4, 0.5) is 0 Å². The van der Waals surface area contributed by atoms with Crippen molar-refractivity contribution >= 4 is 11.6 Å². The largest absolute Gasteiger partial charge is 0.484 e. The van der Waals surface area contributed by atoms with Gasteiger partial charge in [-0.2, -0.15) is 0 Å². The predicted molar refractivity (Wildman–Crippen MR) is 109 cm³/mol. The summed E-state index contributed by atoms with van der Waals surface area (Å²) in [5, 5.41) is 0. The van der Waals surface area contributed by atoms with Gasteiger partial charge in [-0.1, -0.05) is 54.1 Å². The topological polar surface area (TPSA) is 56.3 Å². The maximum absolute atomic E-state index is 12.6. The van der Waals surface area contributed by atoms with Crippen molar-refractivity contribution in [2.75, 3.05) is 0 Å².